The van der Waals surface area contributed by atoms with Crippen molar-refractivity contribution in [3.05, 3.63) is 29.3 Å². The van der Waals surface area contributed by atoms with Gasteiger partial charge in [0.25, 0.3) is 0 Å². The van der Waals surface area contributed by atoms with Crippen LogP contribution in [0, 0.1) is 0 Å². The number of rotatable bonds is 2. The van der Waals surface area contributed by atoms with Gasteiger partial charge in [-0.3, -0.25) is 0 Å². The van der Waals surface area contributed by atoms with E-state index in [0.717, 1.165) is 10.2 Å². The van der Waals surface area contributed by atoms with Crippen LogP contribution in [0.1, 0.15) is 11.7 Å². The average molecular weight is 209 g/mol. The fourth-order valence-corrected chi connectivity index (χ4v) is 1.91. The molecule has 14 heavy (non-hydrogen) atoms. The van der Waals surface area contributed by atoms with Crippen molar-refractivity contribution in [2.24, 2.45) is 0 Å². The van der Waals surface area contributed by atoms with Gasteiger partial charge in [0.1, 0.15) is 0 Å². The summed E-state index contributed by atoms with van der Waals surface area (Å²) in [4.78, 5) is 14.6. The monoisotopic (exact) mass is 209 g/mol. The van der Waals surface area contributed by atoms with E-state index in [0.29, 0.717) is 5.56 Å². The molecule has 2 N–H and O–H groups in total. The highest BCUT2D eigenvalue weighted by Crippen LogP contribution is 2.22. The Kier molecular flexibility index (Phi) is 2.18. The van der Waals surface area contributed by atoms with E-state index in [-0.39, 0.29) is 0 Å². The molecule has 0 spiro atoms. The summed E-state index contributed by atoms with van der Waals surface area (Å²) < 4.78 is 0.878. The molecule has 0 amide bonds. The molecular formula is C9H7NO3S. The van der Waals surface area contributed by atoms with Crippen LogP contribution in [0.3, 0.4) is 0 Å². The van der Waals surface area contributed by atoms with Crippen molar-refractivity contribution in [2.45, 2.75) is 6.10 Å². The molecule has 0 fully saturated rings. The van der Waals surface area contributed by atoms with E-state index < -0.39 is 12.1 Å². The van der Waals surface area contributed by atoms with Gasteiger partial charge < -0.3 is 10.2 Å². The molecule has 1 aromatic carbocycles. The maximum absolute atomic E-state index is 10.5. The molecule has 4 nitrogen and oxygen atoms in total. The summed E-state index contributed by atoms with van der Waals surface area (Å²) in [7, 11) is 0. The number of aliphatic hydroxyl groups excluding tert-OH is 1. The maximum Gasteiger partial charge on any atom is 0.337 e. The van der Waals surface area contributed by atoms with Crippen molar-refractivity contribution in [1.29, 1.82) is 0 Å². The highest BCUT2D eigenvalue weighted by Gasteiger charge is 2.16. The zero-order chi connectivity index (χ0) is 10.1. The number of aliphatic hydroxyl groups is 1. The first-order valence-corrected chi connectivity index (χ1v) is 4.80. The summed E-state index contributed by atoms with van der Waals surface area (Å²) in [5.41, 5.74) is 2.88. The van der Waals surface area contributed by atoms with Gasteiger partial charge in [0.05, 0.1) is 15.7 Å². The van der Waals surface area contributed by atoms with Gasteiger partial charge in [0, 0.05) is 0 Å². The van der Waals surface area contributed by atoms with Crippen molar-refractivity contribution < 1.29 is 15.0 Å². The fourth-order valence-electron chi connectivity index (χ4n) is 1.18. The number of carbonyl (C=O) groups is 1. The molecule has 0 unspecified atom stereocenters. The van der Waals surface area contributed by atoms with Crippen molar-refractivity contribution >= 4 is 27.5 Å². The molecular weight excluding hydrogens is 202 g/mol. The molecule has 72 valence electrons. The minimum atomic E-state index is -1.46. The van der Waals surface area contributed by atoms with Crippen molar-refractivity contribution in [2.75, 3.05) is 0 Å². The highest BCUT2D eigenvalue weighted by atomic mass is 32.1. The molecule has 1 atom stereocenters. The largest absolute Gasteiger partial charge is 0.479 e. The molecule has 0 aliphatic rings. The fraction of sp³-hybridized carbons (Fsp3) is 0.111. The minimum Gasteiger partial charge on any atom is -0.479 e. The Morgan fingerprint density at radius 2 is 2.29 bits per heavy atom. The van der Waals surface area contributed by atoms with Gasteiger partial charge in [0.2, 0.25) is 0 Å². The van der Waals surface area contributed by atoms with Crippen LogP contribution in [-0.4, -0.2) is 21.2 Å². The molecule has 5 heteroatoms. The summed E-state index contributed by atoms with van der Waals surface area (Å²) in [6.07, 6.45) is -1.46. The Balaban J connectivity index is 2.48. The van der Waals surface area contributed by atoms with E-state index in [9.17, 15) is 9.90 Å². The molecule has 1 heterocycles. The Morgan fingerprint density at radius 3 is 3.00 bits per heavy atom. The van der Waals surface area contributed by atoms with Crippen LogP contribution in [0.15, 0.2) is 23.7 Å². The second-order valence-electron chi connectivity index (χ2n) is 2.82. The number of nitrogens with zero attached hydrogens (tertiary/aromatic N) is 1. The van der Waals surface area contributed by atoms with Crippen molar-refractivity contribution in [1.82, 2.24) is 4.98 Å². The lowest BCUT2D eigenvalue weighted by molar-refractivity contribution is -0.146. The second kappa shape index (κ2) is 3.36. The number of benzene rings is 1. The molecule has 0 aliphatic heterocycles. The Morgan fingerprint density at radius 1 is 1.50 bits per heavy atom. The zero-order valence-corrected chi connectivity index (χ0v) is 7.86. The summed E-state index contributed by atoms with van der Waals surface area (Å²) in [6, 6.07) is 4.92. The van der Waals surface area contributed by atoms with Gasteiger partial charge in [-0.25, -0.2) is 9.78 Å². The van der Waals surface area contributed by atoms with Crippen LogP contribution < -0.4 is 0 Å². The molecule has 0 saturated carbocycles. The molecule has 0 bridgehead atoms. The van der Waals surface area contributed by atoms with Crippen LogP contribution in [0.5, 0.6) is 0 Å². The lowest BCUT2D eigenvalue weighted by atomic mass is 10.1. The lowest BCUT2D eigenvalue weighted by Gasteiger charge is -2.04. The van der Waals surface area contributed by atoms with Gasteiger partial charge in [-0.1, -0.05) is 6.07 Å². The number of carboxylic acid groups (broad SMARTS) is 1. The smallest absolute Gasteiger partial charge is 0.337 e. The van der Waals surface area contributed by atoms with E-state index in [1.54, 1.807) is 23.7 Å². The minimum absolute atomic E-state index is 0.384. The number of fused-ring (bicyclic) bond motifs is 1. The highest BCUT2D eigenvalue weighted by molar-refractivity contribution is 7.16. The molecule has 2 aromatic rings. The van der Waals surface area contributed by atoms with Gasteiger partial charge in [0.15, 0.2) is 6.10 Å². The predicted molar refractivity (Wildman–Crippen MR) is 52.2 cm³/mol. The summed E-state index contributed by atoms with van der Waals surface area (Å²) in [5.74, 6) is -1.24. The molecule has 0 aliphatic carbocycles. The number of carboxylic acids is 1. The molecule has 0 radical (unpaired) electrons. The Labute approximate surface area is 83.5 Å². The maximum atomic E-state index is 10.5. The van der Waals surface area contributed by atoms with Gasteiger partial charge in [-0.2, -0.15) is 0 Å². The van der Waals surface area contributed by atoms with Gasteiger partial charge in [-0.15, -0.1) is 11.3 Å². The van der Waals surface area contributed by atoms with E-state index in [1.807, 2.05) is 0 Å². The summed E-state index contributed by atoms with van der Waals surface area (Å²) in [5, 5.41) is 17.9. The van der Waals surface area contributed by atoms with Crippen LogP contribution in [-0.2, 0) is 4.79 Å². The third-order valence-electron chi connectivity index (χ3n) is 1.90. The van der Waals surface area contributed by atoms with E-state index in [1.165, 1.54) is 11.3 Å². The van der Waals surface area contributed by atoms with Gasteiger partial charge >= 0.3 is 5.97 Å². The summed E-state index contributed by atoms with van der Waals surface area (Å²) in [6.45, 7) is 0. The molecule has 2 rings (SSSR count). The molecule has 0 saturated heterocycles. The van der Waals surface area contributed by atoms with Crippen molar-refractivity contribution in [3.8, 4) is 0 Å². The standard InChI is InChI=1S/C9H7NO3S/c11-8(9(12)13)5-1-2-6-7(3-5)14-4-10-6/h1-4,8,11H,(H,12,13)/t8-/m0/s1. The number of aromatic nitrogens is 1. The summed E-state index contributed by atoms with van der Waals surface area (Å²) >= 11 is 1.42. The first-order valence-electron chi connectivity index (χ1n) is 3.92. The normalized spacial score (nSPS) is 12.9. The first kappa shape index (κ1) is 9.11. The molecule has 1 aromatic heterocycles. The van der Waals surface area contributed by atoms with Crippen LogP contribution in [0.2, 0.25) is 0 Å². The van der Waals surface area contributed by atoms with E-state index >= 15 is 0 Å². The zero-order valence-electron chi connectivity index (χ0n) is 7.04. The average Bonchev–Trinajstić information content (AvgIpc) is 2.62. The lowest BCUT2D eigenvalue weighted by Crippen LogP contribution is -2.09. The van der Waals surface area contributed by atoms with Crippen LogP contribution in [0.25, 0.3) is 10.2 Å². The Hall–Kier alpha value is -1.46. The van der Waals surface area contributed by atoms with E-state index in [2.05, 4.69) is 4.98 Å². The number of aliphatic carboxylic acids is 1. The first-order chi connectivity index (χ1) is 6.68. The number of thiazole rings is 1. The topological polar surface area (TPSA) is 70.4 Å². The van der Waals surface area contributed by atoms with Crippen molar-refractivity contribution in [3.63, 3.8) is 0 Å². The predicted octanol–water partition coefficient (Wildman–Crippen LogP) is 1.41. The van der Waals surface area contributed by atoms with Gasteiger partial charge in [-0.05, 0) is 17.7 Å². The van der Waals surface area contributed by atoms with Crippen LogP contribution >= 0.6 is 11.3 Å². The second-order valence-corrected chi connectivity index (χ2v) is 3.71. The quantitative estimate of drug-likeness (QED) is 0.784. The SMILES string of the molecule is O=C(O)[C@@H](O)c1ccc2ncsc2c1. The third kappa shape index (κ3) is 1.47. The number of hydrogen-bond acceptors (Lipinski definition) is 4. The number of hydrogen-bond donors (Lipinski definition) is 2. The third-order valence-corrected chi connectivity index (χ3v) is 2.70. The van der Waals surface area contributed by atoms with Crippen LogP contribution in [0.4, 0.5) is 0 Å². The Bertz CT molecular complexity index is 480. The van der Waals surface area contributed by atoms with E-state index in [4.69, 9.17) is 5.11 Å².